The lowest BCUT2D eigenvalue weighted by atomic mass is 9.57. The average molecular weight is 329 g/mol. The van der Waals surface area contributed by atoms with Crippen LogP contribution < -0.4 is 0 Å². The molecule has 24 heavy (non-hydrogen) atoms. The fourth-order valence-corrected chi connectivity index (χ4v) is 4.71. The molecule has 5 heteroatoms. The minimum atomic E-state index is -0.781. The van der Waals surface area contributed by atoms with E-state index in [9.17, 15) is 20.4 Å². The van der Waals surface area contributed by atoms with Crippen molar-refractivity contribution in [3.8, 4) is 5.75 Å². The van der Waals surface area contributed by atoms with Gasteiger partial charge in [-0.1, -0.05) is 18.2 Å². The second-order valence-electron chi connectivity index (χ2n) is 7.13. The Morgan fingerprint density at radius 2 is 2.04 bits per heavy atom. The number of allylic oxidation sites excluding steroid dienone is 1. The predicted octanol–water partition coefficient (Wildman–Crippen LogP) is 0.602. The maximum atomic E-state index is 10.8. The Morgan fingerprint density at radius 1 is 1.25 bits per heavy atom. The van der Waals surface area contributed by atoms with Crippen LogP contribution in [-0.4, -0.2) is 57.7 Å². The third-order valence-corrected chi connectivity index (χ3v) is 5.97. The summed E-state index contributed by atoms with van der Waals surface area (Å²) in [5.74, 6) is 0.147. The molecule has 0 amide bonds. The quantitative estimate of drug-likeness (QED) is 0.597. The summed E-state index contributed by atoms with van der Waals surface area (Å²) in [6, 6.07) is 3.95. The SMILES string of the molecule is CN1CC[C@]23C=C(CO)[C@@H](O)C=C2[C@H]1Cc1ccc(CO)c(O)c13. The molecule has 2 bridgehead atoms. The number of benzene rings is 1. The van der Waals surface area contributed by atoms with Crippen LogP contribution in [0.5, 0.6) is 5.75 Å². The number of fused-ring (bicyclic) bond motifs is 1. The van der Waals surface area contributed by atoms with Crippen molar-refractivity contribution >= 4 is 0 Å². The highest BCUT2D eigenvalue weighted by molar-refractivity contribution is 5.63. The van der Waals surface area contributed by atoms with Gasteiger partial charge in [-0.05, 0) is 49.2 Å². The van der Waals surface area contributed by atoms with Gasteiger partial charge in [0.05, 0.1) is 19.3 Å². The largest absolute Gasteiger partial charge is 0.507 e. The van der Waals surface area contributed by atoms with E-state index in [4.69, 9.17) is 0 Å². The van der Waals surface area contributed by atoms with E-state index in [1.54, 1.807) is 6.07 Å². The first-order chi connectivity index (χ1) is 11.5. The lowest BCUT2D eigenvalue weighted by Crippen LogP contribution is -2.54. The molecule has 3 aliphatic rings. The topological polar surface area (TPSA) is 84.2 Å². The van der Waals surface area contributed by atoms with Crippen LogP contribution in [0, 0.1) is 0 Å². The van der Waals surface area contributed by atoms with Gasteiger partial charge in [-0.3, -0.25) is 4.90 Å². The van der Waals surface area contributed by atoms with Gasteiger partial charge in [0, 0.05) is 22.6 Å². The summed E-state index contributed by atoms with van der Waals surface area (Å²) in [6.07, 6.45) is 4.56. The second-order valence-corrected chi connectivity index (χ2v) is 7.13. The van der Waals surface area contributed by atoms with Crippen molar-refractivity contribution in [3.63, 3.8) is 0 Å². The van der Waals surface area contributed by atoms with Gasteiger partial charge in [-0.25, -0.2) is 0 Å². The number of nitrogens with zero attached hydrogens (tertiary/aromatic N) is 1. The standard InChI is InChI=1S/C19H23NO4/c1-20-5-4-19-8-13(10-22)16(23)7-14(19)15(20)6-11-2-3-12(9-21)18(24)17(11)19/h2-3,7-8,15-16,21-24H,4-6,9-10H2,1H3/t15-,16+,19+/m1/s1. The molecule has 4 rings (SSSR count). The maximum absolute atomic E-state index is 10.8. The van der Waals surface area contributed by atoms with Crippen LogP contribution in [0.15, 0.2) is 35.4 Å². The highest BCUT2D eigenvalue weighted by Crippen LogP contribution is 2.54. The molecule has 0 unspecified atom stereocenters. The van der Waals surface area contributed by atoms with Crippen molar-refractivity contribution in [1.29, 1.82) is 0 Å². The molecule has 5 nitrogen and oxygen atoms in total. The van der Waals surface area contributed by atoms with Crippen molar-refractivity contribution in [2.75, 3.05) is 20.2 Å². The molecule has 1 heterocycles. The van der Waals surface area contributed by atoms with Gasteiger partial charge in [0.2, 0.25) is 0 Å². The molecule has 1 saturated heterocycles. The summed E-state index contributed by atoms with van der Waals surface area (Å²) in [5.41, 5.74) is 3.59. The molecule has 0 saturated carbocycles. The highest BCUT2D eigenvalue weighted by atomic mass is 16.3. The molecule has 128 valence electrons. The molecule has 0 spiro atoms. The Morgan fingerprint density at radius 3 is 2.75 bits per heavy atom. The Balaban J connectivity index is 2.01. The van der Waals surface area contributed by atoms with Crippen molar-refractivity contribution in [3.05, 3.63) is 52.1 Å². The molecule has 1 fully saturated rings. The Hall–Kier alpha value is -1.66. The molecule has 0 aromatic heterocycles. The van der Waals surface area contributed by atoms with Crippen LogP contribution in [0.25, 0.3) is 0 Å². The number of hydrogen-bond donors (Lipinski definition) is 4. The Kier molecular flexibility index (Phi) is 3.58. The molecular formula is C19H23NO4. The number of aliphatic hydroxyl groups excluding tert-OH is 3. The third-order valence-electron chi connectivity index (χ3n) is 5.97. The van der Waals surface area contributed by atoms with Crippen molar-refractivity contribution in [2.45, 2.75) is 37.0 Å². The number of aliphatic hydroxyl groups is 3. The summed E-state index contributed by atoms with van der Waals surface area (Å²) in [5, 5.41) is 40.3. The Bertz CT molecular complexity index is 754. The molecule has 1 aliphatic heterocycles. The third kappa shape index (κ3) is 1.96. The van der Waals surface area contributed by atoms with E-state index in [-0.39, 0.29) is 25.0 Å². The van der Waals surface area contributed by atoms with E-state index < -0.39 is 11.5 Å². The lowest BCUT2D eigenvalue weighted by Gasteiger charge is -2.53. The summed E-state index contributed by atoms with van der Waals surface area (Å²) >= 11 is 0. The molecule has 1 aromatic rings. The van der Waals surface area contributed by atoms with Gasteiger partial charge in [-0.15, -0.1) is 0 Å². The molecule has 4 N–H and O–H groups in total. The van der Waals surface area contributed by atoms with Crippen LogP contribution in [0.2, 0.25) is 0 Å². The summed E-state index contributed by atoms with van der Waals surface area (Å²) < 4.78 is 0. The fraction of sp³-hybridized carbons (Fsp3) is 0.474. The van der Waals surface area contributed by atoms with E-state index in [0.717, 1.165) is 36.1 Å². The van der Waals surface area contributed by atoms with E-state index in [1.807, 2.05) is 18.2 Å². The van der Waals surface area contributed by atoms with Crippen LogP contribution in [0.4, 0.5) is 0 Å². The average Bonchev–Trinajstić information content (AvgIpc) is 2.58. The smallest absolute Gasteiger partial charge is 0.125 e. The van der Waals surface area contributed by atoms with E-state index in [2.05, 4.69) is 11.9 Å². The lowest BCUT2D eigenvalue weighted by molar-refractivity contribution is 0.165. The number of likely N-dealkylation sites (tertiary alicyclic amines) is 1. The van der Waals surface area contributed by atoms with Crippen molar-refractivity contribution in [2.24, 2.45) is 0 Å². The second kappa shape index (κ2) is 5.43. The van der Waals surface area contributed by atoms with Crippen molar-refractivity contribution < 1.29 is 20.4 Å². The van der Waals surface area contributed by atoms with Gasteiger partial charge < -0.3 is 20.4 Å². The summed E-state index contributed by atoms with van der Waals surface area (Å²) in [6.45, 7) is 0.454. The normalized spacial score (nSPS) is 31.8. The molecule has 1 aromatic carbocycles. The number of aromatic hydroxyl groups is 1. The minimum absolute atomic E-state index is 0.147. The first-order valence-corrected chi connectivity index (χ1v) is 8.40. The number of piperidine rings is 1. The fourth-order valence-electron chi connectivity index (χ4n) is 4.71. The highest BCUT2D eigenvalue weighted by Gasteiger charge is 2.51. The summed E-state index contributed by atoms with van der Waals surface area (Å²) in [4.78, 5) is 2.29. The van der Waals surface area contributed by atoms with Gasteiger partial charge in [0.1, 0.15) is 5.75 Å². The number of rotatable bonds is 2. The van der Waals surface area contributed by atoms with E-state index >= 15 is 0 Å². The van der Waals surface area contributed by atoms with Crippen LogP contribution in [0.1, 0.15) is 23.1 Å². The van der Waals surface area contributed by atoms with E-state index in [0.29, 0.717) is 11.1 Å². The van der Waals surface area contributed by atoms with Gasteiger partial charge >= 0.3 is 0 Å². The van der Waals surface area contributed by atoms with Crippen LogP contribution >= 0.6 is 0 Å². The maximum Gasteiger partial charge on any atom is 0.125 e. The van der Waals surface area contributed by atoms with Gasteiger partial charge in [-0.2, -0.15) is 0 Å². The first kappa shape index (κ1) is 15.8. The number of likely N-dealkylation sites (N-methyl/N-ethyl adjacent to an activating group) is 1. The minimum Gasteiger partial charge on any atom is -0.507 e. The van der Waals surface area contributed by atoms with Crippen LogP contribution in [0.3, 0.4) is 0 Å². The zero-order valence-corrected chi connectivity index (χ0v) is 13.7. The van der Waals surface area contributed by atoms with Crippen LogP contribution in [-0.2, 0) is 18.4 Å². The summed E-state index contributed by atoms with van der Waals surface area (Å²) in [7, 11) is 2.08. The molecule has 3 atom stereocenters. The molecular weight excluding hydrogens is 306 g/mol. The van der Waals surface area contributed by atoms with Crippen molar-refractivity contribution in [1.82, 2.24) is 4.90 Å². The monoisotopic (exact) mass is 329 g/mol. The number of hydrogen-bond acceptors (Lipinski definition) is 5. The number of phenols is 1. The van der Waals surface area contributed by atoms with E-state index in [1.165, 1.54) is 0 Å². The molecule has 2 aliphatic carbocycles. The zero-order chi connectivity index (χ0) is 17.1. The Labute approximate surface area is 141 Å². The first-order valence-electron chi connectivity index (χ1n) is 8.40. The zero-order valence-electron chi connectivity index (χ0n) is 13.7. The van der Waals surface area contributed by atoms with Gasteiger partial charge in [0.25, 0.3) is 0 Å². The predicted molar refractivity (Wildman–Crippen MR) is 89.7 cm³/mol. The molecule has 0 radical (unpaired) electrons. The van der Waals surface area contributed by atoms with Gasteiger partial charge in [0.15, 0.2) is 0 Å².